The number of rotatable bonds is 5. The highest BCUT2D eigenvalue weighted by Gasteiger charge is 2.09. The summed E-state index contributed by atoms with van der Waals surface area (Å²) < 4.78 is 5.14. The van der Waals surface area contributed by atoms with Crippen molar-refractivity contribution in [2.75, 3.05) is 12.4 Å². The number of aromatic nitrogens is 3. The molecule has 0 fully saturated rings. The smallest absolute Gasteiger partial charge is 0.161 e. The van der Waals surface area contributed by atoms with E-state index in [0.717, 1.165) is 16.8 Å². The third-order valence-electron chi connectivity index (χ3n) is 3.69. The summed E-state index contributed by atoms with van der Waals surface area (Å²) in [4.78, 5) is 12.7. The minimum absolute atomic E-state index is 0.0656. The van der Waals surface area contributed by atoms with Crippen LogP contribution in [-0.2, 0) is 0 Å². The van der Waals surface area contributed by atoms with Gasteiger partial charge in [0.05, 0.1) is 18.8 Å². The lowest BCUT2D eigenvalue weighted by atomic mass is 10.1. The molecule has 3 aromatic rings. The third kappa shape index (κ3) is 3.43. The summed E-state index contributed by atoms with van der Waals surface area (Å²) in [6, 6.07) is 11.0. The minimum atomic E-state index is 0.0656. The highest BCUT2D eigenvalue weighted by atomic mass is 16.5. The molecule has 0 saturated heterocycles. The number of phenols is 1. The van der Waals surface area contributed by atoms with Crippen LogP contribution in [0.1, 0.15) is 18.5 Å². The van der Waals surface area contributed by atoms with Crippen molar-refractivity contribution in [1.82, 2.24) is 15.0 Å². The fourth-order valence-electron chi connectivity index (χ4n) is 2.37. The first-order valence-corrected chi connectivity index (χ1v) is 7.53. The summed E-state index contributed by atoms with van der Waals surface area (Å²) in [6.45, 7) is 2.04. The van der Waals surface area contributed by atoms with Crippen molar-refractivity contribution in [3.63, 3.8) is 0 Å². The second kappa shape index (κ2) is 6.95. The zero-order chi connectivity index (χ0) is 16.9. The molecule has 6 heteroatoms. The Morgan fingerprint density at radius 1 is 1.17 bits per heavy atom. The van der Waals surface area contributed by atoms with Gasteiger partial charge in [0, 0.05) is 24.0 Å². The quantitative estimate of drug-likeness (QED) is 0.749. The van der Waals surface area contributed by atoms with Gasteiger partial charge in [0.25, 0.3) is 0 Å². The van der Waals surface area contributed by atoms with Crippen molar-refractivity contribution in [2.24, 2.45) is 0 Å². The Labute approximate surface area is 140 Å². The van der Waals surface area contributed by atoms with E-state index in [1.165, 1.54) is 13.4 Å². The van der Waals surface area contributed by atoms with Gasteiger partial charge < -0.3 is 15.2 Å². The maximum absolute atomic E-state index is 9.71. The first kappa shape index (κ1) is 15.7. The van der Waals surface area contributed by atoms with Gasteiger partial charge in [0.2, 0.25) is 0 Å². The van der Waals surface area contributed by atoms with Crippen LogP contribution in [0.2, 0.25) is 0 Å². The predicted octanol–water partition coefficient (Wildman–Crippen LogP) is 3.43. The molecule has 1 atom stereocenters. The van der Waals surface area contributed by atoms with E-state index in [1.807, 2.05) is 31.3 Å². The summed E-state index contributed by atoms with van der Waals surface area (Å²) in [7, 11) is 1.52. The number of hydrogen-bond acceptors (Lipinski definition) is 6. The monoisotopic (exact) mass is 322 g/mol. The number of phenolic OH excluding ortho intramolecular Hbond substituents is 1. The number of hydrogen-bond donors (Lipinski definition) is 2. The maximum Gasteiger partial charge on any atom is 0.161 e. The molecule has 0 spiro atoms. The Morgan fingerprint density at radius 2 is 2.04 bits per heavy atom. The Hall–Kier alpha value is -3.15. The van der Waals surface area contributed by atoms with Crippen LogP contribution in [0.4, 0.5) is 5.82 Å². The van der Waals surface area contributed by atoms with E-state index in [9.17, 15) is 5.11 Å². The molecular weight excluding hydrogens is 304 g/mol. The minimum Gasteiger partial charge on any atom is -0.504 e. The van der Waals surface area contributed by atoms with Gasteiger partial charge in [0.1, 0.15) is 12.1 Å². The molecule has 1 aromatic carbocycles. The number of ether oxygens (including phenoxy) is 1. The van der Waals surface area contributed by atoms with E-state index in [-0.39, 0.29) is 11.8 Å². The number of nitrogens with one attached hydrogen (secondary N) is 1. The summed E-state index contributed by atoms with van der Waals surface area (Å²) in [6.07, 6.45) is 5.08. The summed E-state index contributed by atoms with van der Waals surface area (Å²) in [5.41, 5.74) is 2.65. The van der Waals surface area contributed by atoms with Crippen molar-refractivity contribution in [1.29, 1.82) is 0 Å². The fourth-order valence-corrected chi connectivity index (χ4v) is 2.37. The average molecular weight is 322 g/mol. The van der Waals surface area contributed by atoms with Crippen molar-refractivity contribution in [2.45, 2.75) is 13.0 Å². The standard InChI is InChI=1S/C18H18N4O2/c1-12(14-4-3-7-19-10-14)22-18-9-15(20-11-21-18)13-5-6-16(23)17(8-13)24-2/h3-12,23H,1-2H3,(H,20,21,22). The Morgan fingerprint density at radius 3 is 2.79 bits per heavy atom. The first-order chi connectivity index (χ1) is 11.7. The molecule has 0 aliphatic carbocycles. The number of pyridine rings is 1. The molecule has 2 heterocycles. The lowest BCUT2D eigenvalue weighted by molar-refractivity contribution is 0.373. The summed E-state index contributed by atoms with van der Waals surface area (Å²) in [5.74, 6) is 1.21. The summed E-state index contributed by atoms with van der Waals surface area (Å²) in [5, 5.41) is 13.0. The number of benzene rings is 1. The van der Waals surface area contributed by atoms with Crippen molar-refractivity contribution >= 4 is 5.82 Å². The molecular formula is C18H18N4O2. The Kier molecular flexibility index (Phi) is 4.56. The molecule has 0 bridgehead atoms. The van der Waals surface area contributed by atoms with Gasteiger partial charge in [-0.05, 0) is 36.8 Å². The Bertz CT molecular complexity index is 824. The highest BCUT2D eigenvalue weighted by molar-refractivity contribution is 5.66. The van der Waals surface area contributed by atoms with E-state index in [4.69, 9.17) is 4.74 Å². The molecule has 6 nitrogen and oxygen atoms in total. The number of aromatic hydroxyl groups is 1. The first-order valence-electron chi connectivity index (χ1n) is 7.53. The van der Waals surface area contributed by atoms with Crippen molar-refractivity contribution < 1.29 is 9.84 Å². The zero-order valence-corrected chi connectivity index (χ0v) is 13.5. The molecule has 122 valence electrons. The van der Waals surface area contributed by atoms with Gasteiger partial charge in [-0.15, -0.1) is 0 Å². The number of nitrogens with zero attached hydrogens (tertiary/aromatic N) is 3. The number of methoxy groups -OCH3 is 1. The van der Waals surface area contributed by atoms with E-state index >= 15 is 0 Å². The van der Waals surface area contributed by atoms with Crippen molar-refractivity contribution in [3.05, 3.63) is 60.7 Å². The molecule has 0 saturated carbocycles. The molecule has 2 N–H and O–H groups in total. The highest BCUT2D eigenvalue weighted by Crippen LogP contribution is 2.31. The molecule has 0 aliphatic heterocycles. The maximum atomic E-state index is 9.71. The van der Waals surface area contributed by atoms with Crippen LogP contribution in [0.25, 0.3) is 11.3 Å². The lowest BCUT2D eigenvalue weighted by Gasteiger charge is -2.15. The molecule has 0 aliphatic rings. The Balaban J connectivity index is 1.84. The molecule has 3 rings (SSSR count). The van der Waals surface area contributed by atoms with Gasteiger partial charge in [-0.2, -0.15) is 0 Å². The second-order valence-corrected chi connectivity index (χ2v) is 5.33. The van der Waals surface area contributed by atoms with Crippen LogP contribution in [0.15, 0.2) is 55.1 Å². The topological polar surface area (TPSA) is 80.2 Å². The average Bonchev–Trinajstić information content (AvgIpc) is 2.63. The van der Waals surface area contributed by atoms with Crippen LogP contribution in [-0.4, -0.2) is 27.2 Å². The lowest BCUT2D eigenvalue weighted by Crippen LogP contribution is -2.08. The van der Waals surface area contributed by atoms with Crippen molar-refractivity contribution in [3.8, 4) is 22.8 Å². The zero-order valence-electron chi connectivity index (χ0n) is 13.5. The number of anilines is 1. The normalized spacial score (nSPS) is 11.8. The second-order valence-electron chi connectivity index (χ2n) is 5.33. The molecule has 2 aromatic heterocycles. The molecule has 24 heavy (non-hydrogen) atoms. The summed E-state index contributed by atoms with van der Waals surface area (Å²) >= 11 is 0. The largest absolute Gasteiger partial charge is 0.504 e. The van der Waals surface area contributed by atoms with Gasteiger partial charge in [-0.1, -0.05) is 6.07 Å². The molecule has 1 unspecified atom stereocenters. The van der Waals surface area contributed by atoms with Crippen LogP contribution in [0.5, 0.6) is 11.5 Å². The van der Waals surface area contributed by atoms with E-state index in [1.54, 1.807) is 24.4 Å². The van der Waals surface area contributed by atoms with E-state index < -0.39 is 0 Å². The van der Waals surface area contributed by atoms with Crippen LogP contribution >= 0.6 is 0 Å². The predicted molar refractivity (Wildman–Crippen MR) is 92.0 cm³/mol. The third-order valence-corrected chi connectivity index (χ3v) is 3.69. The van der Waals surface area contributed by atoms with Gasteiger partial charge in [-0.3, -0.25) is 4.98 Å². The van der Waals surface area contributed by atoms with E-state index in [2.05, 4.69) is 20.3 Å². The van der Waals surface area contributed by atoms with Crippen LogP contribution in [0.3, 0.4) is 0 Å². The van der Waals surface area contributed by atoms with Gasteiger partial charge in [0.15, 0.2) is 11.5 Å². The molecule has 0 amide bonds. The SMILES string of the molecule is COc1cc(-c2cc(NC(C)c3cccnc3)ncn2)ccc1O. The van der Waals surface area contributed by atoms with Crippen LogP contribution < -0.4 is 10.1 Å². The fraction of sp³-hybridized carbons (Fsp3) is 0.167. The molecule has 0 radical (unpaired) electrons. The van der Waals surface area contributed by atoms with E-state index in [0.29, 0.717) is 11.6 Å². The van der Waals surface area contributed by atoms with Crippen LogP contribution in [0, 0.1) is 0 Å². The van der Waals surface area contributed by atoms with Gasteiger partial charge in [-0.25, -0.2) is 9.97 Å². The van der Waals surface area contributed by atoms with Gasteiger partial charge >= 0.3 is 0 Å².